The second kappa shape index (κ2) is 3.52. The van der Waals surface area contributed by atoms with Crippen molar-refractivity contribution in [2.75, 3.05) is 5.73 Å². The summed E-state index contributed by atoms with van der Waals surface area (Å²) in [6.07, 6.45) is 6.31. The van der Waals surface area contributed by atoms with Gasteiger partial charge < -0.3 is 5.73 Å². The maximum absolute atomic E-state index is 5.45. The third kappa shape index (κ3) is 1.60. The Labute approximate surface area is 70.7 Å². The van der Waals surface area contributed by atoms with Gasteiger partial charge in [0.25, 0.3) is 0 Å². The standard InChI is InChI=1S/C8H10N4/c1-3-5-10-12-6-7(9)11-8(12)4-2/h3-6H,1-2,9H2/b10-5-. The Kier molecular flexibility index (Phi) is 2.42. The SMILES string of the molecule is C=C/C=N\n1cc(N)nc1C=C. The first-order valence-electron chi connectivity index (χ1n) is 3.40. The zero-order valence-corrected chi connectivity index (χ0v) is 6.64. The Bertz CT molecular complexity index is 322. The quantitative estimate of drug-likeness (QED) is 0.677. The van der Waals surface area contributed by atoms with Crippen LogP contribution in [0.1, 0.15) is 5.82 Å². The molecule has 0 saturated heterocycles. The molecule has 0 unspecified atom stereocenters. The molecule has 0 aliphatic carbocycles. The van der Waals surface area contributed by atoms with E-state index in [9.17, 15) is 0 Å². The summed E-state index contributed by atoms with van der Waals surface area (Å²) in [5, 5.41) is 3.98. The fourth-order valence-electron chi connectivity index (χ4n) is 0.754. The Morgan fingerprint density at radius 1 is 1.58 bits per heavy atom. The summed E-state index contributed by atoms with van der Waals surface area (Å²) in [6.45, 7) is 7.07. The molecule has 0 saturated carbocycles. The van der Waals surface area contributed by atoms with Crippen LogP contribution >= 0.6 is 0 Å². The van der Waals surface area contributed by atoms with Crippen molar-refractivity contribution in [1.82, 2.24) is 9.66 Å². The third-order valence-corrected chi connectivity index (χ3v) is 1.21. The van der Waals surface area contributed by atoms with Crippen LogP contribution in [-0.4, -0.2) is 15.9 Å². The van der Waals surface area contributed by atoms with E-state index < -0.39 is 0 Å². The first-order chi connectivity index (χ1) is 5.77. The molecule has 1 aromatic rings. The van der Waals surface area contributed by atoms with E-state index in [1.54, 1.807) is 24.6 Å². The van der Waals surface area contributed by atoms with Gasteiger partial charge in [-0.25, -0.2) is 9.66 Å². The summed E-state index contributed by atoms with van der Waals surface area (Å²) >= 11 is 0. The van der Waals surface area contributed by atoms with Gasteiger partial charge in [0.1, 0.15) is 5.82 Å². The predicted octanol–water partition coefficient (Wildman–Crippen LogP) is 1.13. The van der Waals surface area contributed by atoms with Gasteiger partial charge in [-0.05, 0) is 12.2 Å². The molecule has 0 bridgehead atoms. The van der Waals surface area contributed by atoms with E-state index in [0.29, 0.717) is 11.6 Å². The third-order valence-electron chi connectivity index (χ3n) is 1.21. The van der Waals surface area contributed by atoms with E-state index in [-0.39, 0.29) is 0 Å². The number of hydrogen-bond acceptors (Lipinski definition) is 3. The molecule has 62 valence electrons. The molecule has 0 fully saturated rings. The number of aromatic nitrogens is 2. The molecule has 4 nitrogen and oxygen atoms in total. The van der Waals surface area contributed by atoms with Gasteiger partial charge in [0.15, 0.2) is 5.82 Å². The highest BCUT2D eigenvalue weighted by atomic mass is 15.4. The van der Waals surface area contributed by atoms with Crippen molar-refractivity contribution in [1.29, 1.82) is 0 Å². The first-order valence-corrected chi connectivity index (χ1v) is 3.40. The van der Waals surface area contributed by atoms with Crippen molar-refractivity contribution in [3.63, 3.8) is 0 Å². The largest absolute Gasteiger partial charge is 0.382 e. The zero-order valence-electron chi connectivity index (χ0n) is 6.64. The Morgan fingerprint density at radius 3 is 2.92 bits per heavy atom. The van der Waals surface area contributed by atoms with Gasteiger partial charge in [-0.3, -0.25) is 0 Å². The molecule has 1 aromatic heterocycles. The Balaban J connectivity index is 3.04. The number of nitrogen functional groups attached to an aromatic ring is 1. The average molecular weight is 162 g/mol. The lowest BCUT2D eigenvalue weighted by molar-refractivity contribution is 0.868. The van der Waals surface area contributed by atoms with Crippen LogP contribution in [0.3, 0.4) is 0 Å². The molecule has 0 aliphatic rings. The van der Waals surface area contributed by atoms with Crippen LogP contribution < -0.4 is 5.73 Å². The molecule has 1 heterocycles. The van der Waals surface area contributed by atoms with Gasteiger partial charge in [0, 0.05) is 6.21 Å². The predicted molar refractivity (Wildman–Crippen MR) is 50.8 cm³/mol. The summed E-state index contributed by atoms with van der Waals surface area (Å²) in [7, 11) is 0. The van der Waals surface area contributed by atoms with Crippen molar-refractivity contribution < 1.29 is 0 Å². The number of nitrogens with zero attached hydrogens (tertiary/aromatic N) is 3. The normalized spacial score (nSPS) is 10.3. The highest BCUT2D eigenvalue weighted by Crippen LogP contribution is 2.04. The summed E-state index contributed by atoms with van der Waals surface area (Å²) < 4.78 is 1.53. The monoisotopic (exact) mass is 162 g/mol. The first kappa shape index (κ1) is 8.26. The lowest BCUT2D eigenvalue weighted by Crippen LogP contribution is -1.89. The molecule has 0 aliphatic heterocycles. The molecule has 0 spiro atoms. The molecule has 0 radical (unpaired) electrons. The van der Waals surface area contributed by atoms with Crippen molar-refractivity contribution in [3.8, 4) is 0 Å². The fraction of sp³-hybridized carbons (Fsp3) is 0. The van der Waals surface area contributed by atoms with Gasteiger partial charge in [-0.15, -0.1) is 0 Å². The second-order valence-electron chi connectivity index (χ2n) is 2.07. The zero-order chi connectivity index (χ0) is 8.97. The highest BCUT2D eigenvalue weighted by Gasteiger charge is 1.98. The lowest BCUT2D eigenvalue weighted by Gasteiger charge is -1.91. The van der Waals surface area contributed by atoms with E-state index in [4.69, 9.17) is 5.73 Å². The van der Waals surface area contributed by atoms with Gasteiger partial charge in [0.2, 0.25) is 0 Å². The molecule has 1 rings (SSSR count). The van der Waals surface area contributed by atoms with Crippen LogP contribution in [0, 0.1) is 0 Å². The van der Waals surface area contributed by atoms with Gasteiger partial charge in [0.05, 0.1) is 6.20 Å². The minimum Gasteiger partial charge on any atom is -0.382 e. The highest BCUT2D eigenvalue weighted by molar-refractivity contribution is 5.70. The summed E-state index contributed by atoms with van der Waals surface area (Å²) in [4.78, 5) is 3.96. The maximum Gasteiger partial charge on any atom is 0.155 e. The molecule has 0 atom stereocenters. The Morgan fingerprint density at radius 2 is 2.33 bits per heavy atom. The molecule has 12 heavy (non-hydrogen) atoms. The van der Waals surface area contributed by atoms with Crippen LogP contribution in [0.5, 0.6) is 0 Å². The number of nitrogens with two attached hydrogens (primary N) is 1. The van der Waals surface area contributed by atoms with E-state index in [0.717, 1.165) is 0 Å². The van der Waals surface area contributed by atoms with E-state index >= 15 is 0 Å². The smallest absolute Gasteiger partial charge is 0.155 e. The van der Waals surface area contributed by atoms with E-state index in [1.807, 2.05) is 0 Å². The summed E-state index contributed by atoms with van der Waals surface area (Å²) in [6, 6.07) is 0. The minimum absolute atomic E-state index is 0.422. The molecule has 0 amide bonds. The number of imidazole rings is 1. The van der Waals surface area contributed by atoms with Gasteiger partial charge in [-0.1, -0.05) is 13.2 Å². The van der Waals surface area contributed by atoms with Gasteiger partial charge in [-0.2, -0.15) is 5.10 Å². The van der Waals surface area contributed by atoms with Crippen LogP contribution in [0.25, 0.3) is 6.08 Å². The molecule has 2 N–H and O–H groups in total. The number of anilines is 1. The van der Waals surface area contributed by atoms with Crippen LogP contribution in [0.4, 0.5) is 5.82 Å². The van der Waals surface area contributed by atoms with Crippen LogP contribution in [0.2, 0.25) is 0 Å². The molecule has 4 heteroatoms. The summed E-state index contributed by atoms with van der Waals surface area (Å²) in [5.41, 5.74) is 5.45. The molecule has 0 aromatic carbocycles. The summed E-state index contributed by atoms with van der Waals surface area (Å²) in [5.74, 6) is 1.04. The fourth-order valence-corrected chi connectivity index (χ4v) is 0.754. The van der Waals surface area contributed by atoms with Crippen molar-refractivity contribution in [2.24, 2.45) is 5.10 Å². The lowest BCUT2D eigenvalue weighted by atomic mass is 10.6. The van der Waals surface area contributed by atoms with Gasteiger partial charge >= 0.3 is 0 Å². The molecular formula is C8H10N4. The Hall–Kier alpha value is -1.84. The maximum atomic E-state index is 5.45. The van der Waals surface area contributed by atoms with Crippen molar-refractivity contribution in [3.05, 3.63) is 31.3 Å². The van der Waals surface area contributed by atoms with Crippen LogP contribution in [0.15, 0.2) is 30.5 Å². The molecular weight excluding hydrogens is 152 g/mol. The van der Waals surface area contributed by atoms with E-state index in [1.165, 1.54) is 4.68 Å². The second-order valence-corrected chi connectivity index (χ2v) is 2.07. The number of rotatable bonds is 3. The van der Waals surface area contributed by atoms with E-state index in [2.05, 4.69) is 23.2 Å². The van der Waals surface area contributed by atoms with Crippen molar-refractivity contribution in [2.45, 2.75) is 0 Å². The minimum atomic E-state index is 0.422. The van der Waals surface area contributed by atoms with Crippen molar-refractivity contribution >= 4 is 18.1 Å². The number of hydrogen-bond donors (Lipinski definition) is 1. The van der Waals surface area contributed by atoms with Crippen LogP contribution in [-0.2, 0) is 0 Å². The topological polar surface area (TPSA) is 56.2 Å². The number of allylic oxidation sites excluding steroid dienone is 1. The average Bonchev–Trinajstić information content (AvgIpc) is 2.42.